The first-order valence-corrected chi connectivity index (χ1v) is 7.21. The van der Waals surface area contributed by atoms with Crippen molar-refractivity contribution in [3.05, 3.63) is 29.8 Å². The number of nitrogens with zero attached hydrogens (tertiary/aromatic N) is 1. The zero-order valence-electron chi connectivity index (χ0n) is 13.1. The summed E-state index contributed by atoms with van der Waals surface area (Å²) < 4.78 is 10.9. The average molecular weight is 292 g/mol. The second-order valence-corrected chi connectivity index (χ2v) is 6.31. The number of nitrogens with two attached hydrogens (primary N) is 1. The van der Waals surface area contributed by atoms with Gasteiger partial charge >= 0.3 is 6.09 Å². The zero-order chi connectivity index (χ0) is 15.6. The van der Waals surface area contributed by atoms with Gasteiger partial charge in [-0.3, -0.25) is 4.90 Å². The van der Waals surface area contributed by atoms with Crippen LogP contribution < -0.4 is 10.5 Å². The Morgan fingerprint density at radius 1 is 1.33 bits per heavy atom. The van der Waals surface area contributed by atoms with E-state index < -0.39 is 5.60 Å². The summed E-state index contributed by atoms with van der Waals surface area (Å²) in [6, 6.07) is 7.33. The predicted octanol–water partition coefficient (Wildman–Crippen LogP) is 2.70. The van der Waals surface area contributed by atoms with Gasteiger partial charge in [-0.25, -0.2) is 4.79 Å². The van der Waals surface area contributed by atoms with Crippen molar-refractivity contribution in [3.63, 3.8) is 0 Å². The third-order valence-electron chi connectivity index (χ3n) is 3.53. The molecule has 1 aromatic carbocycles. The largest absolute Gasteiger partial charge is 0.496 e. The minimum absolute atomic E-state index is 0.117. The molecule has 1 amide bonds. The fourth-order valence-electron chi connectivity index (χ4n) is 2.65. The Hall–Kier alpha value is -1.75. The van der Waals surface area contributed by atoms with Gasteiger partial charge in [0.2, 0.25) is 0 Å². The molecule has 5 nitrogen and oxygen atoms in total. The molecule has 1 heterocycles. The molecule has 1 aliphatic rings. The van der Waals surface area contributed by atoms with Crippen LogP contribution in [0.4, 0.5) is 4.79 Å². The van der Waals surface area contributed by atoms with E-state index in [1.165, 1.54) is 0 Å². The van der Waals surface area contributed by atoms with E-state index in [1.807, 2.05) is 45.0 Å². The number of carbonyl (C=O) groups is 1. The second-order valence-electron chi connectivity index (χ2n) is 6.31. The summed E-state index contributed by atoms with van der Waals surface area (Å²) in [6.07, 6.45) is 0.424. The number of amides is 1. The maximum absolute atomic E-state index is 12.4. The molecule has 2 atom stereocenters. The van der Waals surface area contributed by atoms with Crippen molar-refractivity contribution in [2.24, 2.45) is 5.73 Å². The van der Waals surface area contributed by atoms with E-state index in [0.717, 1.165) is 17.7 Å². The van der Waals surface area contributed by atoms with Crippen LogP contribution in [0.2, 0.25) is 0 Å². The smallest absolute Gasteiger partial charge is 0.410 e. The summed E-state index contributed by atoms with van der Waals surface area (Å²) in [6.45, 7) is 6.18. The summed E-state index contributed by atoms with van der Waals surface area (Å²) >= 11 is 0. The quantitative estimate of drug-likeness (QED) is 0.910. The van der Waals surface area contributed by atoms with Crippen molar-refractivity contribution in [1.29, 1.82) is 0 Å². The molecule has 0 aliphatic carbocycles. The van der Waals surface area contributed by atoms with Crippen LogP contribution in [0, 0.1) is 0 Å². The highest BCUT2D eigenvalue weighted by Crippen LogP contribution is 2.37. The van der Waals surface area contributed by atoms with Crippen LogP contribution in [0.1, 0.15) is 38.8 Å². The van der Waals surface area contributed by atoms with Gasteiger partial charge in [0.1, 0.15) is 11.4 Å². The number of rotatable bonds is 2. The molecule has 5 heteroatoms. The van der Waals surface area contributed by atoms with E-state index in [4.69, 9.17) is 15.2 Å². The zero-order valence-corrected chi connectivity index (χ0v) is 13.1. The van der Waals surface area contributed by atoms with Crippen LogP contribution in [-0.2, 0) is 4.74 Å². The van der Waals surface area contributed by atoms with Crippen molar-refractivity contribution in [2.45, 2.75) is 44.9 Å². The molecule has 2 unspecified atom stereocenters. The van der Waals surface area contributed by atoms with Gasteiger partial charge in [0.05, 0.1) is 13.2 Å². The van der Waals surface area contributed by atoms with E-state index in [-0.39, 0.29) is 18.2 Å². The second kappa shape index (κ2) is 5.93. The minimum atomic E-state index is -0.519. The monoisotopic (exact) mass is 292 g/mol. The summed E-state index contributed by atoms with van der Waals surface area (Å²) in [7, 11) is 1.62. The number of likely N-dealkylation sites (tertiary alicyclic amines) is 1. The SMILES string of the molecule is COc1ccccc1C1C(N)CCN1C(=O)OC(C)(C)C. The van der Waals surface area contributed by atoms with E-state index in [9.17, 15) is 4.79 Å². The molecule has 0 radical (unpaired) electrons. The van der Waals surface area contributed by atoms with Gasteiger partial charge in [-0.15, -0.1) is 0 Å². The average Bonchev–Trinajstić information content (AvgIpc) is 2.78. The molecule has 2 N–H and O–H groups in total. The molecule has 116 valence electrons. The molecule has 1 fully saturated rings. The van der Waals surface area contributed by atoms with Crippen LogP contribution in [0.25, 0.3) is 0 Å². The Bertz CT molecular complexity index is 510. The van der Waals surface area contributed by atoms with E-state index in [1.54, 1.807) is 12.0 Å². The van der Waals surface area contributed by atoms with Crippen LogP contribution in [0.15, 0.2) is 24.3 Å². The Kier molecular flexibility index (Phi) is 4.42. The van der Waals surface area contributed by atoms with Crippen molar-refractivity contribution in [3.8, 4) is 5.75 Å². The van der Waals surface area contributed by atoms with Gasteiger partial charge in [0.15, 0.2) is 0 Å². The molecule has 0 aromatic heterocycles. The lowest BCUT2D eigenvalue weighted by molar-refractivity contribution is 0.0217. The van der Waals surface area contributed by atoms with Gasteiger partial charge in [-0.05, 0) is 33.3 Å². The fourth-order valence-corrected chi connectivity index (χ4v) is 2.65. The lowest BCUT2D eigenvalue weighted by Crippen LogP contribution is -2.39. The topological polar surface area (TPSA) is 64.8 Å². The number of benzene rings is 1. The number of carbonyl (C=O) groups excluding carboxylic acids is 1. The van der Waals surface area contributed by atoms with E-state index in [0.29, 0.717) is 6.54 Å². The molecular formula is C16H24N2O3. The van der Waals surface area contributed by atoms with Crippen molar-refractivity contribution >= 4 is 6.09 Å². The number of hydrogen-bond donors (Lipinski definition) is 1. The highest BCUT2D eigenvalue weighted by molar-refractivity contribution is 5.70. The summed E-state index contributed by atoms with van der Waals surface area (Å²) in [5.41, 5.74) is 6.63. The van der Waals surface area contributed by atoms with Crippen LogP contribution in [0.5, 0.6) is 5.75 Å². The molecule has 1 aliphatic heterocycles. The Labute approximate surface area is 126 Å². The number of hydrogen-bond acceptors (Lipinski definition) is 4. The summed E-state index contributed by atoms with van der Waals surface area (Å²) in [5.74, 6) is 0.744. The number of methoxy groups -OCH3 is 1. The maximum atomic E-state index is 12.4. The minimum Gasteiger partial charge on any atom is -0.496 e. The summed E-state index contributed by atoms with van der Waals surface area (Å²) in [4.78, 5) is 14.1. The Morgan fingerprint density at radius 3 is 2.62 bits per heavy atom. The lowest BCUT2D eigenvalue weighted by atomic mass is 10.00. The molecule has 21 heavy (non-hydrogen) atoms. The third-order valence-corrected chi connectivity index (χ3v) is 3.53. The first-order chi connectivity index (χ1) is 9.83. The van der Waals surface area contributed by atoms with Crippen LogP contribution in [0.3, 0.4) is 0 Å². The van der Waals surface area contributed by atoms with Crippen molar-refractivity contribution < 1.29 is 14.3 Å². The highest BCUT2D eigenvalue weighted by atomic mass is 16.6. The number of para-hydroxylation sites is 1. The van der Waals surface area contributed by atoms with Crippen molar-refractivity contribution in [1.82, 2.24) is 4.90 Å². The molecule has 0 saturated carbocycles. The first-order valence-electron chi connectivity index (χ1n) is 7.21. The molecule has 0 bridgehead atoms. The van der Waals surface area contributed by atoms with Crippen LogP contribution >= 0.6 is 0 Å². The predicted molar refractivity (Wildman–Crippen MR) is 81.3 cm³/mol. The standard InChI is InChI=1S/C16H24N2O3/c1-16(2,3)21-15(19)18-10-9-12(17)14(18)11-7-5-6-8-13(11)20-4/h5-8,12,14H,9-10,17H2,1-4H3. The van der Waals surface area contributed by atoms with Crippen LogP contribution in [-0.4, -0.2) is 36.3 Å². The molecular weight excluding hydrogens is 268 g/mol. The first kappa shape index (κ1) is 15.6. The van der Waals surface area contributed by atoms with Crippen molar-refractivity contribution in [2.75, 3.05) is 13.7 Å². The van der Waals surface area contributed by atoms with Gasteiger partial charge in [-0.1, -0.05) is 18.2 Å². The van der Waals surface area contributed by atoms with Gasteiger partial charge in [0, 0.05) is 18.2 Å². The van der Waals surface area contributed by atoms with Gasteiger partial charge in [-0.2, -0.15) is 0 Å². The summed E-state index contributed by atoms with van der Waals surface area (Å²) in [5, 5.41) is 0. The molecule has 0 spiro atoms. The van der Waals surface area contributed by atoms with E-state index in [2.05, 4.69) is 0 Å². The van der Waals surface area contributed by atoms with Gasteiger partial charge in [0.25, 0.3) is 0 Å². The highest BCUT2D eigenvalue weighted by Gasteiger charge is 2.39. The third kappa shape index (κ3) is 3.47. The van der Waals surface area contributed by atoms with Gasteiger partial charge < -0.3 is 15.2 Å². The molecule has 1 saturated heterocycles. The molecule has 2 rings (SSSR count). The Morgan fingerprint density at radius 2 is 2.00 bits per heavy atom. The normalized spacial score (nSPS) is 22.2. The Balaban J connectivity index is 2.29. The van der Waals surface area contributed by atoms with E-state index >= 15 is 0 Å². The molecule has 1 aromatic rings. The maximum Gasteiger partial charge on any atom is 0.410 e. The fraction of sp³-hybridized carbons (Fsp3) is 0.562. The number of ether oxygens (including phenoxy) is 2. The lowest BCUT2D eigenvalue weighted by Gasteiger charge is -2.30.